The molecule has 0 saturated heterocycles. The Morgan fingerprint density at radius 3 is 2.52 bits per heavy atom. The molecule has 3 rings (SSSR count). The van der Waals surface area contributed by atoms with Crippen LogP contribution in [0.15, 0.2) is 18.2 Å². The minimum Gasteiger partial charge on any atom is -0.497 e. The molecule has 0 unspecified atom stereocenters. The molecule has 1 aliphatic rings. The molecular weight excluding hydrogens is 294 g/mol. The van der Waals surface area contributed by atoms with E-state index >= 15 is 0 Å². The van der Waals surface area contributed by atoms with E-state index in [0.29, 0.717) is 23.6 Å². The molecule has 0 fully saturated rings. The van der Waals surface area contributed by atoms with Crippen LogP contribution in [0.1, 0.15) is 40.4 Å². The second kappa shape index (κ2) is 6.73. The topological polar surface area (TPSA) is 76.2 Å². The van der Waals surface area contributed by atoms with Crippen LogP contribution in [-0.2, 0) is 19.4 Å². The summed E-state index contributed by atoms with van der Waals surface area (Å²) in [6.07, 6.45) is 4.45. The van der Waals surface area contributed by atoms with Gasteiger partial charge in [-0.15, -0.1) is 0 Å². The minimum absolute atomic E-state index is 0.184. The molecule has 122 valence electrons. The summed E-state index contributed by atoms with van der Waals surface area (Å²) < 4.78 is 10.4. The number of aryl methyl sites for hydroxylation is 2. The number of benzene rings is 1. The molecule has 1 amide bonds. The van der Waals surface area contributed by atoms with Crippen molar-refractivity contribution in [2.75, 3.05) is 14.2 Å². The van der Waals surface area contributed by atoms with E-state index in [1.54, 1.807) is 32.4 Å². The maximum Gasteiger partial charge on any atom is 0.251 e. The standard InChI is InChI=1S/C17H21N3O3/c1-22-12-7-11(8-13(9-12)23-2)17(21)18-10-16-19-14-5-3-4-6-15(14)20-16/h7-9H,3-6,10H2,1-2H3,(H,18,21)(H,19,20). The molecule has 0 spiro atoms. The van der Waals surface area contributed by atoms with Crippen LogP contribution >= 0.6 is 0 Å². The highest BCUT2D eigenvalue weighted by atomic mass is 16.5. The highest BCUT2D eigenvalue weighted by Crippen LogP contribution is 2.22. The van der Waals surface area contributed by atoms with Crippen LogP contribution in [0, 0.1) is 0 Å². The van der Waals surface area contributed by atoms with Gasteiger partial charge in [-0.1, -0.05) is 0 Å². The van der Waals surface area contributed by atoms with E-state index in [0.717, 1.165) is 24.4 Å². The van der Waals surface area contributed by atoms with E-state index < -0.39 is 0 Å². The number of aromatic nitrogens is 2. The molecule has 1 aliphatic carbocycles. The van der Waals surface area contributed by atoms with Crippen molar-refractivity contribution >= 4 is 5.91 Å². The number of rotatable bonds is 5. The van der Waals surface area contributed by atoms with Gasteiger partial charge in [-0.2, -0.15) is 0 Å². The zero-order valence-electron chi connectivity index (χ0n) is 13.4. The van der Waals surface area contributed by atoms with Crippen LogP contribution in [0.5, 0.6) is 11.5 Å². The van der Waals surface area contributed by atoms with Crippen molar-refractivity contribution in [2.45, 2.75) is 32.2 Å². The SMILES string of the molecule is COc1cc(OC)cc(C(=O)NCc2nc3c([nH]2)CCCC3)c1. The van der Waals surface area contributed by atoms with E-state index in [-0.39, 0.29) is 5.91 Å². The van der Waals surface area contributed by atoms with Crippen LogP contribution in [0.2, 0.25) is 0 Å². The first kappa shape index (κ1) is 15.4. The zero-order valence-corrected chi connectivity index (χ0v) is 13.4. The van der Waals surface area contributed by atoms with Gasteiger partial charge in [0.15, 0.2) is 0 Å². The fourth-order valence-electron chi connectivity index (χ4n) is 2.80. The van der Waals surface area contributed by atoms with Crippen LogP contribution in [0.4, 0.5) is 0 Å². The molecule has 23 heavy (non-hydrogen) atoms. The summed E-state index contributed by atoms with van der Waals surface area (Å²) in [6, 6.07) is 5.10. The fourth-order valence-corrected chi connectivity index (χ4v) is 2.80. The number of H-pyrrole nitrogens is 1. The van der Waals surface area contributed by atoms with Crippen LogP contribution < -0.4 is 14.8 Å². The lowest BCUT2D eigenvalue weighted by Crippen LogP contribution is -2.23. The summed E-state index contributed by atoms with van der Waals surface area (Å²) in [6.45, 7) is 0.380. The Kier molecular flexibility index (Phi) is 4.50. The zero-order chi connectivity index (χ0) is 16.2. The third kappa shape index (κ3) is 3.47. The molecule has 2 N–H and O–H groups in total. The van der Waals surface area contributed by atoms with Crippen molar-refractivity contribution < 1.29 is 14.3 Å². The number of amides is 1. The molecule has 1 aromatic heterocycles. The van der Waals surface area contributed by atoms with Gasteiger partial charge in [-0.3, -0.25) is 4.79 Å². The molecule has 0 radical (unpaired) electrons. The number of carbonyl (C=O) groups is 1. The maximum atomic E-state index is 12.3. The highest BCUT2D eigenvalue weighted by Gasteiger charge is 2.15. The number of aromatic amines is 1. The van der Waals surface area contributed by atoms with Crippen LogP contribution in [0.25, 0.3) is 0 Å². The molecule has 2 aromatic rings. The van der Waals surface area contributed by atoms with E-state index in [4.69, 9.17) is 9.47 Å². The molecule has 1 heterocycles. The highest BCUT2D eigenvalue weighted by molar-refractivity contribution is 5.95. The van der Waals surface area contributed by atoms with Gasteiger partial charge in [0.2, 0.25) is 0 Å². The fraction of sp³-hybridized carbons (Fsp3) is 0.412. The van der Waals surface area contributed by atoms with Crippen molar-refractivity contribution in [2.24, 2.45) is 0 Å². The Balaban J connectivity index is 1.68. The van der Waals surface area contributed by atoms with Crippen molar-refractivity contribution in [3.8, 4) is 11.5 Å². The Labute approximate surface area is 135 Å². The van der Waals surface area contributed by atoms with E-state index in [2.05, 4.69) is 15.3 Å². The Morgan fingerprint density at radius 2 is 1.87 bits per heavy atom. The molecule has 0 bridgehead atoms. The predicted molar refractivity (Wildman–Crippen MR) is 85.9 cm³/mol. The number of nitrogens with zero attached hydrogens (tertiary/aromatic N) is 1. The van der Waals surface area contributed by atoms with Gasteiger partial charge < -0.3 is 19.8 Å². The lowest BCUT2D eigenvalue weighted by molar-refractivity contribution is 0.0949. The molecular formula is C17H21N3O3. The van der Waals surface area contributed by atoms with Gasteiger partial charge in [-0.05, 0) is 37.8 Å². The number of hydrogen-bond donors (Lipinski definition) is 2. The van der Waals surface area contributed by atoms with E-state index in [1.807, 2.05) is 0 Å². The number of methoxy groups -OCH3 is 2. The van der Waals surface area contributed by atoms with Gasteiger partial charge in [0.05, 0.1) is 26.5 Å². The van der Waals surface area contributed by atoms with Gasteiger partial charge in [0.1, 0.15) is 17.3 Å². The normalized spacial score (nSPS) is 13.3. The molecule has 0 saturated carbocycles. The Bertz CT molecular complexity index is 663. The number of hydrogen-bond acceptors (Lipinski definition) is 4. The molecule has 6 nitrogen and oxygen atoms in total. The molecule has 0 atom stereocenters. The quantitative estimate of drug-likeness (QED) is 0.887. The first-order valence-corrected chi connectivity index (χ1v) is 7.77. The lowest BCUT2D eigenvalue weighted by atomic mass is 10.0. The smallest absolute Gasteiger partial charge is 0.251 e. The summed E-state index contributed by atoms with van der Waals surface area (Å²) >= 11 is 0. The third-order valence-corrected chi connectivity index (χ3v) is 4.03. The largest absolute Gasteiger partial charge is 0.497 e. The van der Waals surface area contributed by atoms with Gasteiger partial charge in [0.25, 0.3) is 5.91 Å². The number of ether oxygens (including phenoxy) is 2. The summed E-state index contributed by atoms with van der Waals surface area (Å²) in [5.74, 6) is 1.79. The van der Waals surface area contributed by atoms with Gasteiger partial charge in [0, 0.05) is 17.3 Å². The summed E-state index contributed by atoms with van der Waals surface area (Å²) in [4.78, 5) is 20.2. The molecule has 1 aromatic carbocycles. The maximum absolute atomic E-state index is 12.3. The van der Waals surface area contributed by atoms with Crippen molar-refractivity contribution in [3.05, 3.63) is 41.0 Å². The van der Waals surface area contributed by atoms with Gasteiger partial charge in [-0.25, -0.2) is 4.98 Å². The van der Waals surface area contributed by atoms with E-state index in [1.165, 1.54) is 18.5 Å². The number of imidazole rings is 1. The number of fused-ring (bicyclic) bond motifs is 1. The molecule has 6 heteroatoms. The third-order valence-electron chi connectivity index (χ3n) is 4.03. The van der Waals surface area contributed by atoms with Crippen molar-refractivity contribution in [1.82, 2.24) is 15.3 Å². The monoisotopic (exact) mass is 315 g/mol. The first-order valence-electron chi connectivity index (χ1n) is 7.77. The van der Waals surface area contributed by atoms with Crippen LogP contribution in [0.3, 0.4) is 0 Å². The van der Waals surface area contributed by atoms with Crippen molar-refractivity contribution in [1.29, 1.82) is 0 Å². The average molecular weight is 315 g/mol. The molecule has 0 aliphatic heterocycles. The van der Waals surface area contributed by atoms with Crippen LogP contribution in [-0.4, -0.2) is 30.1 Å². The Morgan fingerprint density at radius 1 is 1.17 bits per heavy atom. The first-order chi connectivity index (χ1) is 11.2. The van der Waals surface area contributed by atoms with Crippen molar-refractivity contribution in [3.63, 3.8) is 0 Å². The Hall–Kier alpha value is -2.50. The minimum atomic E-state index is -0.184. The second-order valence-electron chi connectivity index (χ2n) is 5.60. The summed E-state index contributed by atoms with van der Waals surface area (Å²) in [7, 11) is 3.12. The second-order valence-corrected chi connectivity index (χ2v) is 5.60. The number of nitrogens with one attached hydrogen (secondary N) is 2. The summed E-state index contributed by atoms with van der Waals surface area (Å²) in [5.41, 5.74) is 2.85. The number of carbonyl (C=O) groups excluding carboxylic acids is 1. The average Bonchev–Trinajstić information content (AvgIpc) is 3.02. The predicted octanol–water partition coefficient (Wildman–Crippen LogP) is 2.24. The van der Waals surface area contributed by atoms with E-state index in [9.17, 15) is 4.79 Å². The van der Waals surface area contributed by atoms with Gasteiger partial charge >= 0.3 is 0 Å². The lowest BCUT2D eigenvalue weighted by Gasteiger charge is -2.08. The summed E-state index contributed by atoms with van der Waals surface area (Å²) in [5, 5.41) is 2.88.